The zero-order valence-corrected chi connectivity index (χ0v) is 14.3. The lowest BCUT2D eigenvalue weighted by Crippen LogP contribution is -2.30. The largest absolute Gasteiger partial charge is 0.381 e. The molecule has 1 heterocycles. The molecule has 23 heavy (non-hydrogen) atoms. The first kappa shape index (κ1) is 17.0. The third-order valence-electron chi connectivity index (χ3n) is 3.89. The highest BCUT2D eigenvalue weighted by Crippen LogP contribution is 2.20. The first-order valence-electron chi connectivity index (χ1n) is 8.15. The van der Waals surface area contributed by atoms with Crippen LogP contribution in [-0.2, 0) is 0 Å². The molecule has 0 radical (unpaired) electrons. The predicted octanol–water partition coefficient (Wildman–Crippen LogP) is 4.27. The van der Waals surface area contributed by atoms with Gasteiger partial charge in [-0.25, -0.2) is 0 Å². The summed E-state index contributed by atoms with van der Waals surface area (Å²) in [4.78, 5) is 18.8. The number of anilines is 2. The van der Waals surface area contributed by atoms with Crippen LogP contribution in [0.15, 0.2) is 42.7 Å². The highest BCUT2D eigenvalue weighted by atomic mass is 16.2. The van der Waals surface area contributed by atoms with Crippen LogP contribution in [0, 0.1) is 6.92 Å². The molecule has 1 N–H and O–H groups in total. The molecule has 2 aromatic rings. The second-order valence-electron chi connectivity index (χ2n) is 5.80. The summed E-state index contributed by atoms with van der Waals surface area (Å²) in [5.74, 6) is -0.0293. The molecular formula is C19H25N3O. The van der Waals surface area contributed by atoms with Gasteiger partial charge in [0.1, 0.15) is 0 Å². The van der Waals surface area contributed by atoms with E-state index in [0.717, 1.165) is 23.4 Å². The maximum atomic E-state index is 12.9. The Labute approximate surface area is 138 Å². The van der Waals surface area contributed by atoms with Gasteiger partial charge >= 0.3 is 0 Å². The summed E-state index contributed by atoms with van der Waals surface area (Å²) in [6.07, 6.45) is 4.40. The molecule has 0 aliphatic rings. The summed E-state index contributed by atoms with van der Waals surface area (Å²) in [5.41, 5.74) is 3.53. The van der Waals surface area contributed by atoms with Crippen LogP contribution in [0.2, 0.25) is 0 Å². The zero-order chi connectivity index (χ0) is 16.8. The third-order valence-corrected chi connectivity index (χ3v) is 3.89. The molecule has 0 saturated heterocycles. The zero-order valence-electron chi connectivity index (χ0n) is 14.3. The summed E-state index contributed by atoms with van der Waals surface area (Å²) in [6.45, 7) is 8.86. The first-order valence-corrected chi connectivity index (χ1v) is 8.15. The SMILES string of the molecule is CCC(C)Nc1cncc(C(=O)N(CC)c2cccc(C)c2)c1. The van der Waals surface area contributed by atoms with Crippen molar-refractivity contribution in [3.05, 3.63) is 53.9 Å². The number of benzene rings is 1. The van der Waals surface area contributed by atoms with Gasteiger partial charge in [0.2, 0.25) is 0 Å². The summed E-state index contributed by atoms with van der Waals surface area (Å²) in [5, 5.41) is 3.36. The van der Waals surface area contributed by atoms with Crippen molar-refractivity contribution in [2.45, 2.75) is 40.2 Å². The van der Waals surface area contributed by atoms with Gasteiger partial charge in [-0.1, -0.05) is 19.1 Å². The molecule has 0 bridgehead atoms. The number of carbonyl (C=O) groups is 1. The Morgan fingerprint density at radius 1 is 1.26 bits per heavy atom. The van der Waals surface area contributed by atoms with E-state index in [9.17, 15) is 4.79 Å². The van der Waals surface area contributed by atoms with E-state index in [1.54, 1.807) is 17.3 Å². The van der Waals surface area contributed by atoms with Crippen molar-refractivity contribution in [1.29, 1.82) is 0 Å². The van der Waals surface area contributed by atoms with Gasteiger partial charge < -0.3 is 10.2 Å². The van der Waals surface area contributed by atoms with Gasteiger partial charge in [0.05, 0.1) is 11.3 Å². The van der Waals surface area contributed by atoms with Crippen molar-refractivity contribution in [1.82, 2.24) is 4.98 Å². The van der Waals surface area contributed by atoms with Gasteiger partial charge in [0.15, 0.2) is 0 Å². The fourth-order valence-corrected chi connectivity index (χ4v) is 2.42. The number of pyridine rings is 1. The topological polar surface area (TPSA) is 45.2 Å². The molecule has 1 aromatic heterocycles. The van der Waals surface area contributed by atoms with Crippen LogP contribution in [0.25, 0.3) is 0 Å². The number of amides is 1. The molecule has 0 fully saturated rings. The third kappa shape index (κ3) is 4.31. The molecule has 4 heteroatoms. The Morgan fingerprint density at radius 2 is 2.04 bits per heavy atom. The normalized spacial score (nSPS) is 11.8. The summed E-state index contributed by atoms with van der Waals surface area (Å²) < 4.78 is 0. The summed E-state index contributed by atoms with van der Waals surface area (Å²) in [7, 11) is 0. The van der Waals surface area contributed by atoms with Crippen molar-refractivity contribution in [2.75, 3.05) is 16.8 Å². The number of nitrogens with one attached hydrogen (secondary N) is 1. The molecule has 1 unspecified atom stereocenters. The van der Waals surface area contributed by atoms with Crippen molar-refractivity contribution in [3.8, 4) is 0 Å². The van der Waals surface area contributed by atoms with E-state index in [2.05, 4.69) is 24.1 Å². The first-order chi connectivity index (χ1) is 11.0. The van der Waals surface area contributed by atoms with Crippen molar-refractivity contribution < 1.29 is 4.79 Å². The predicted molar refractivity (Wildman–Crippen MR) is 96.1 cm³/mol. The lowest BCUT2D eigenvalue weighted by atomic mass is 10.1. The Morgan fingerprint density at radius 3 is 2.70 bits per heavy atom. The fourth-order valence-electron chi connectivity index (χ4n) is 2.42. The highest BCUT2D eigenvalue weighted by Gasteiger charge is 2.17. The van der Waals surface area contributed by atoms with E-state index < -0.39 is 0 Å². The minimum absolute atomic E-state index is 0.0293. The van der Waals surface area contributed by atoms with Crippen molar-refractivity contribution in [2.24, 2.45) is 0 Å². The molecule has 0 aliphatic heterocycles. The summed E-state index contributed by atoms with van der Waals surface area (Å²) >= 11 is 0. The van der Waals surface area contributed by atoms with E-state index in [0.29, 0.717) is 18.2 Å². The molecule has 2 rings (SSSR count). The molecule has 1 amide bonds. The average Bonchev–Trinajstić information content (AvgIpc) is 2.55. The Hall–Kier alpha value is -2.36. The number of rotatable bonds is 6. The highest BCUT2D eigenvalue weighted by molar-refractivity contribution is 6.06. The van der Waals surface area contributed by atoms with Crippen LogP contribution in [0.4, 0.5) is 11.4 Å². The van der Waals surface area contributed by atoms with E-state index in [1.165, 1.54) is 0 Å². The van der Waals surface area contributed by atoms with E-state index in [4.69, 9.17) is 0 Å². The van der Waals surface area contributed by atoms with Gasteiger partial charge in [0, 0.05) is 30.7 Å². The quantitative estimate of drug-likeness (QED) is 0.866. The number of hydrogen-bond acceptors (Lipinski definition) is 3. The van der Waals surface area contributed by atoms with Gasteiger partial charge in [-0.2, -0.15) is 0 Å². The Kier molecular flexibility index (Phi) is 5.74. The molecule has 1 aromatic carbocycles. The van der Waals surface area contributed by atoms with Gasteiger partial charge in [-0.3, -0.25) is 9.78 Å². The van der Waals surface area contributed by atoms with Crippen LogP contribution in [0.5, 0.6) is 0 Å². The number of aryl methyl sites for hydroxylation is 1. The van der Waals surface area contributed by atoms with Crippen LogP contribution in [0.1, 0.15) is 43.1 Å². The maximum absolute atomic E-state index is 12.9. The van der Waals surface area contributed by atoms with Gasteiger partial charge in [-0.15, -0.1) is 0 Å². The molecule has 4 nitrogen and oxygen atoms in total. The van der Waals surface area contributed by atoms with E-state index in [1.807, 2.05) is 44.2 Å². The standard InChI is InChI=1S/C19H25N3O/c1-5-15(4)21-17-11-16(12-20-13-17)19(23)22(6-2)18-9-7-8-14(3)10-18/h7-13,15,21H,5-6H2,1-4H3. The molecule has 122 valence electrons. The van der Waals surface area contributed by atoms with Gasteiger partial charge in [-0.05, 0) is 51.0 Å². The number of hydrogen-bond donors (Lipinski definition) is 1. The lowest BCUT2D eigenvalue weighted by Gasteiger charge is -2.22. The smallest absolute Gasteiger partial charge is 0.259 e. The number of nitrogens with zero attached hydrogens (tertiary/aromatic N) is 2. The fraction of sp³-hybridized carbons (Fsp3) is 0.368. The van der Waals surface area contributed by atoms with Crippen molar-refractivity contribution in [3.63, 3.8) is 0 Å². The molecular weight excluding hydrogens is 286 g/mol. The summed E-state index contributed by atoms with van der Waals surface area (Å²) in [6, 6.07) is 10.2. The Bertz CT molecular complexity index is 669. The number of aromatic nitrogens is 1. The minimum Gasteiger partial charge on any atom is -0.381 e. The van der Waals surface area contributed by atoms with E-state index >= 15 is 0 Å². The molecule has 0 saturated carbocycles. The minimum atomic E-state index is -0.0293. The van der Waals surface area contributed by atoms with E-state index in [-0.39, 0.29) is 5.91 Å². The molecule has 0 spiro atoms. The second-order valence-corrected chi connectivity index (χ2v) is 5.80. The lowest BCUT2D eigenvalue weighted by molar-refractivity contribution is 0.0988. The van der Waals surface area contributed by atoms with Crippen LogP contribution in [-0.4, -0.2) is 23.5 Å². The van der Waals surface area contributed by atoms with Crippen LogP contribution < -0.4 is 10.2 Å². The Balaban J connectivity index is 2.26. The number of carbonyl (C=O) groups excluding carboxylic acids is 1. The van der Waals surface area contributed by atoms with Crippen LogP contribution in [0.3, 0.4) is 0 Å². The van der Waals surface area contributed by atoms with Crippen LogP contribution >= 0.6 is 0 Å². The van der Waals surface area contributed by atoms with Crippen molar-refractivity contribution >= 4 is 17.3 Å². The molecule has 0 aliphatic carbocycles. The van der Waals surface area contributed by atoms with Gasteiger partial charge in [0.25, 0.3) is 5.91 Å². The second kappa shape index (κ2) is 7.77. The maximum Gasteiger partial charge on any atom is 0.259 e. The molecule has 1 atom stereocenters. The average molecular weight is 311 g/mol. The monoisotopic (exact) mass is 311 g/mol.